The molecule has 3 fully saturated rings. The zero-order valence-corrected chi connectivity index (χ0v) is 32.7. The Labute approximate surface area is 294 Å². The van der Waals surface area contributed by atoms with E-state index in [-0.39, 0.29) is 11.5 Å². The predicted molar refractivity (Wildman–Crippen MR) is 206 cm³/mol. The van der Waals surface area contributed by atoms with Crippen molar-refractivity contribution < 1.29 is 5.11 Å². The highest BCUT2D eigenvalue weighted by molar-refractivity contribution is 5.28. The molecule has 0 aromatic carbocycles. The molecule has 1 unspecified atom stereocenters. The zero-order valence-electron chi connectivity index (χ0n) is 32.7. The summed E-state index contributed by atoms with van der Waals surface area (Å²) in [7, 11) is 0. The van der Waals surface area contributed by atoms with Gasteiger partial charge in [0.15, 0.2) is 0 Å². The van der Waals surface area contributed by atoms with Crippen LogP contribution in [0.15, 0.2) is 11.6 Å². The number of aliphatic hydroxyl groups is 1. The molecule has 274 valence electrons. The van der Waals surface area contributed by atoms with Crippen molar-refractivity contribution in [1.82, 2.24) is 5.32 Å². The van der Waals surface area contributed by atoms with Crippen molar-refractivity contribution in [2.24, 2.45) is 46.3 Å². The summed E-state index contributed by atoms with van der Waals surface area (Å²) >= 11 is 0. The van der Waals surface area contributed by atoms with Crippen molar-refractivity contribution in [3.63, 3.8) is 0 Å². The van der Waals surface area contributed by atoms with Crippen LogP contribution < -0.4 is 5.32 Å². The van der Waals surface area contributed by atoms with E-state index in [1.54, 1.807) is 5.57 Å². The Bertz CT molecular complexity index is 894. The second kappa shape index (κ2) is 19.9. The molecule has 2 nitrogen and oxygen atoms in total. The third kappa shape index (κ3) is 10.6. The van der Waals surface area contributed by atoms with Crippen molar-refractivity contribution in [2.45, 2.75) is 221 Å². The number of allylic oxidation sites excluding steroid dienone is 1. The van der Waals surface area contributed by atoms with Gasteiger partial charge in [0, 0.05) is 11.5 Å². The molecule has 0 aromatic heterocycles. The molecule has 0 heterocycles. The summed E-state index contributed by atoms with van der Waals surface area (Å²) < 4.78 is 0. The molecule has 2 N–H and O–H groups in total. The number of aliphatic hydroxyl groups excluding tert-OH is 1. The molecule has 4 aliphatic carbocycles. The molecule has 4 rings (SSSR count). The van der Waals surface area contributed by atoms with Crippen molar-refractivity contribution in [3.8, 4) is 0 Å². The summed E-state index contributed by atoms with van der Waals surface area (Å²) in [6, 6.07) is 0.443. The predicted octanol–water partition coefficient (Wildman–Crippen LogP) is 13.2. The Balaban J connectivity index is 1.16. The van der Waals surface area contributed by atoms with Crippen molar-refractivity contribution in [1.29, 1.82) is 0 Å². The normalized spacial score (nSPS) is 34.2. The van der Waals surface area contributed by atoms with Gasteiger partial charge in [0.2, 0.25) is 0 Å². The zero-order chi connectivity index (χ0) is 33.7. The molecule has 47 heavy (non-hydrogen) atoms. The van der Waals surface area contributed by atoms with Crippen molar-refractivity contribution >= 4 is 0 Å². The summed E-state index contributed by atoms with van der Waals surface area (Å²) in [5.41, 5.74) is 2.40. The van der Waals surface area contributed by atoms with E-state index in [0.29, 0.717) is 11.5 Å². The van der Waals surface area contributed by atoms with Gasteiger partial charge < -0.3 is 10.4 Å². The minimum atomic E-state index is -0.162. The van der Waals surface area contributed by atoms with Gasteiger partial charge in [-0.15, -0.1) is 0 Å². The Morgan fingerprint density at radius 1 is 0.745 bits per heavy atom. The van der Waals surface area contributed by atoms with E-state index in [9.17, 15) is 5.11 Å². The number of nitrogens with one attached hydrogen (secondary N) is 1. The first-order valence-corrected chi connectivity index (χ1v) is 21.8. The van der Waals surface area contributed by atoms with Crippen LogP contribution in [0.2, 0.25) is 0 Å². The van der Waals surface area contributed by atoms with Gasteiger partial charge >= 0.3 is 0 Å². The van der Waals surface area contributed by atoms with E-state index in [2.05, 4.69) is 52.9 Å². The van der Waals surface area contributed by atoms with Gasteiger partial charge in [0.25, 0.3) is 0 Å². The second-order valence-corrected chi connectivity index (χ2v) is 18.6. The van der Waals surface area contributed by atoms with Crippen LogP contribution in [-0.4, -0.2) is 23.8 Å². The van der Waals surface area contributed by atoms with Crippen LogP contribution in [0.1, 0.15) is 208 Å². The molecule has 9 atom stereocenters. The van der Waals surface area contributed by atoms with Crippen LogP contribution in [0.25, 0.3) is 0 Å². The van der Waals surface area contributed by atoms with E-state index in [1.807, 2.05) is 0 Å². The highest BCUT2D eigenvalue weighted by atomic mass is 16.3. The fourth-order valence-corrected chi connectivity index (χ4v) is 12.0. The lowest BCUT2D eigenvalue weighted by Crippen LogP contribution is -2.59. The maximum atomic E-state index is 11.0. The van der Waals surface area contributed by atoms with E-state index >= 15 is 0 Å². The molecular formula is C45H83NO. The van der Waals surface area contributed by atoms with Crippen LogP contribution >= 0.6 is 0 Å². The Hall–Kier alpha value is -0.340. The Morgan fingerprint density at radius 3 is 1.94 bits per heavy atom. The van der Waals surface area contributed by atoms with Gasteiger partial charge in [-0.2, -0.15) is 0 Å². The van der Waals surface area contributed by atoms with Crippen molar-refractivity contribution in [2.75, 3.05) is 6.54 Å². The summed E-state index contributed by atoms with van der Waals surface area (Å²) in [5.74, 6) is 5.20. The Kier molecular flexibility index (Phi) is 16.7. The lowest BCUT2D eigenvalue weighted by molar-refractivity contribution is -0.0688. The summed E-state index contributed by atoms with van der Waals surface area (Å²) in [5, 5.41) is 15.1. The molecule has 0 aliphatic heterocycles. The molecule has 3 saturated carbocycles. The van der Waals surface area contributed by atoms with Gasteiger partial charge in [-0.1, -0.05) is 169 Å². The number of hydrogen-bond donors (Lipinski definition) is 2. The largest absolute Gasteiger partial charge is 0.393 e. The average molecular weight is 654 g/mol. The van der Waals surface area contributed by atoms with Crippen LogP contribution in [0.5, 0.6) is 0 Å². The van der Waals surface area contributed by atoms with Gasteiger partial charge in [0.05, 0.1) is 6.10 Å². The Morgan fingerprint density at radius 2 is 1.34 bits per heavy atom. The molecule has 2 heteroatoms. The quantitative estimate of drug-likeness (QED) is 0.0849. The number of rotatable bonds is 23. The van der Waals surface area contributed by atoms with Crippen molar-refractivity contribution in [3.05, 3.63) is 11.6 Å². The van der Waals surface area contributed by atoms with Crippen LogP contribution in [0.4, 0.5) is 0 Å². The summed E-state index contributed by atoms with van der Waals surface area (Å²) in [6.07, 6.45) is 38.5. The maximum Gasteiger partial charge on any atom is 0.0592 e. The second-order valence-electron chi connectivity index (χ2n) is 18.6. The van der Waals surface area contributed by atoms with Gasteiger partial charge in [-0.3, -0.25) is 0 Å². The molecule has 0 bridgehead atoms. The number of unbranched alkanes of at least 4 members (excludes halogenated alkanes) is 15. The monoisotopic (exact) mass is 654 g/mol. The highest BCUT2D eigenvalue weighted by Gasteiger charge is 2.60. The summed E-state index contributed by atoms with van der Waals surface area (Å²) in [6.45, 7) is 16.2. The van der Waals surface area contributed by atoms with Gasteiger partial charge in [0.1, 0.15) is 0 Å². The van der Waals surface area contributed by atoms with E-state index in [4.69, 9.17) is 0 Å². The van der Waals surface area contributed by atoms with E-state index < -0.39 is 0 Å². The lowest BCUT2D eigenvalue weighted by Gasteiger charge is -2.60. The number of hydrogen-bond acceptors (Lipinski definition) is 2. The molecule has 4 aliphatic rings. The minimum absolute atomic E-state index is 0.162. The van der Waals surface area contributed by atoms with Gasteiger partial charge in [-0.25, -0.2) is 0 Å². The SMILES string of the molecule is CCCCCCCCCCCCCCCCCCNC1C[C@@H](O)CC2=CC[C@H]3[C@@H]4CC[C@H]([C@H](C)CCCC(C)C)[C@@]4(C)CC[C@@H]3[C@]21C. The molecule has 0 radical (unpaired) electrons. The molecule has 0 saturated heterocycles. The van der Waals surface area contributed by atoms with E-state index in [1.165, 1.54) is 154 Å². The standard InChI is InChI=1S/C45H83NO/c1-7-8-9-10-11-12-13-14-15-16-17-18-19-20-21-22-32-46-43-34-38(47)33-37-26-27-39-41-29-28-40(36(4)25-23-24-35(2)3)44(41,5)31-30-42(39)45(37,43)6/h26,35-36,38-43,46-47H,7-25,27-34H2,1-6H3/t36-,38+,39+,40-,41+,42+,43?,44-,45+/m1/s1. The lowest BCUT2D eigenvalue weighted by atomic mass is 9.46. The number of fused-ring (bicyclic) bond motifs is 5. The minimum Gasteiger partial charge on any atom is -0.393 e. The maximum absolute atomic E-state index is 11.0. The fraction of sp³-hybridized carbons (Fsp3) is 0.956. The molecule has 0 aromatic rings. The third-order valence-corrected chi connectivity index (χ3v) is 14.8. The first kappa shape index (κ1) is 39.4. The topological polar surface area (TPSA) is 32.3 Å². The molecule has 0 amide bonds. The van der Waals surface area contributed by atoms with Gasteiger partial charge in [-0.05, 0) is 98.8 Å². The molecular weight excluding hydrogens is 571 g/mol. The third-order valence-electron chi connectivity index (χ3n) is 14.8. The van der Waals surface area contributed by atoms with Crippen LogP contribution in [-0.2, 0) is 0 Å². The summed E-state index contributed by atoms with van der Waals surface area (Å²) in [4.78, 5) is 0. The van der Waals surface area contributed by atoms with E-state index in [0.717, 1.165) is 54.9 Å². The average Bonchev–Trinajstić information content (AvgIpc) is 3.40. The first-order chi connectivity index (χ1) is 22.7. The first-order valence-electron chi connectivity index (χ1n) is 21.8. The fourth-order valence-electron chi connectivity index (χ4n) is 12.0. The molecule has 0 spiro atoms. The van der Waals surface area contributed by atoms with Crippen LogP contribution in [0.3, 0.4) is 0 Å². The van der Waals surface area contributed by atoms with Crippen LogP contribution in [0, 0.1) is 46.3 Å². The highest BCUT2D eigenvalue weighted by Crippen LogP contribution is 2.67. The smallest absolute Gasteiger partial charge is 0.0592 e.